The van der Waals surface area contributed by atoms with Crippen LogP contribution in [0.15, 0.2) is 47.4 Å². The van der Waals surface area contributed by atoms with E-state index in [9.17, 15) is 8.42 Å². The zero-order chi connectivity index (χ0) is 19.0. The van der Waals surface area contributed by atoms with Crippen LogP contribution < -0.4 is 4.74 Å². The Bertz CT molecular complexity index is 1040. The Hall–Kier alpha value is -1.96. The van der Waals surface area contributed by atoms with E-state index in [0.717, 1.165) is 40.1 Å². The second kappa shape index (κ2) is 7.22. The van der Waals surface area contributed by atoms with Crippen molar-refractivity contribution in [2.24, 2.45) is 0 Å². The molecule has 2 heterocycles. The highest BCUT2D eigenvalue weighted by atomic mass is 32.2. The molecule has 0 radical (unpaired) electrons. The van der Waals surface area contributed by atoms with Crippen LogP contribution in [0.5, 0.6) is 5.75 Å². The molecule has 3 aromatic rings. The molecular formula is C20H22N2O3S2. The van der Waals surface area contributed by atoms with E-state index >= 15 is 0 Å². The van der Waals surface area contributed by atoms with Crippen molar-refractivity contribution in [3.8, 4) is 5.75 Å². The van der Waals surface area contributed by atoms with Crippen LogP contribution in [-0.2, 0) is 10.0 Å². The van der Waals surface area contributed by atoms with Crippen LogP contribution in [0.1, 0.15) is 35.9 Å². The number of nitrogens with zero attached hydrogens (tertiary/aromatic N) is 2. The van der Waals surface area contributed by atoms with Crippen molar-refractivity contribution in [2.75, 3.05) is 13.7 Å². The van der Waals surface area contributed by atoms with E-state index in [0.29, 0.717) is 17.2 Å². The largest absolute Gasteiger partial charge is 0.496 e. The van der Waals surface area contributed by atoms with Crippen molar-refractivity contribution >= 4 is 31.6 Å². The standard InChI is InChI=1S/C20H22N2O3S2/c1-14-13-15(10-11-18(14)25-2)27(23,24)22-12-6-5-8-17(22)20-21-16-7-3-4-9-19(16)26-20/h3-4,7,9-11,13,17H,5-6,8,12H2,1-2H3. The summed E-state index contributed by atoms with van der Waals surface area (Å²) in [6, 6.07) is 12.8. The summed E-state index contributed by atoms with van der Waals surface area (Å²) in [5, 5.41) is 0.879. The summed E-state index contributed by atoms with van der Waals surface area (Å²) in [6.45, 7) is 2.38. The molecule has 4 rings (SSSR count). The van der Waals surface area contributed by atoms with E-state index in [4.69, 9.17) is 9.72 Å². The first-order chi connectivity index (χ1) is 13.0. The lowest BCUT2D eigenvalue weighted by molar-refractivity contribution is 0.255. The summed E-state index contributed by atoms with van der Waals surface area (Å²) in [5.74, 6) is 0.690. The van der Waals surface area contributed by atoms with Crippen molar-refractivity contribution in [3.63, 3.8) is 0 Å². The number of rotatable bonds is 4. The third-order valence-electron chi connectivity index (χ3n) is 5.02. The number of sulfonamides is 1. The minimum Gasteiger partial charge on any atom is -0.496 e. The molecule has 142 valence electrons. The van der Waals surface area contributed by atoms with Crippen LogP contribution in [-0.4, -0.2) is 31.4 Å². The third-order valence-corrected chi connectivity index (χ3v) is 8.06. The normalized spacial score (nSPS) is 18.7. The number of para-hydroxylation sites is 1. The Kier molecular flexibility index (Phi) is 4.92. The fourth-order valence-corrected chi connectivity index (χ4v) is 6.55. The van der Waals surface area contributed by atoms with Gasteiger partial charge in [-0.25, -0.2) is 13.4 Å². The van der Waals surface area contributed by atoms with Gasteiger partial charge in [-0.05, 0) is 55.7 Å². The first kappa shape index (κ1) is 18.4. The monoisotopic (exact) mass is 402 g/mol. The van der Waals surface area contributed by atoms with Gasteiger partial charge in [0.25, 0.3) is 0 Å². The average molecular weight is 403 g/mol. The number of hydrogen-bond donors (Lipinski definition) is 0. The van der Waals surface area contributed by atoms with E-state index in [1.165, 1.54) is 0 Å². The molecule has 1 unspecified atom stereocenters. The summed E-state index contributed by atoms with van der Waals surface area (Å²) in [7, 11) is -2.01. The molecule has 1 atom stereocenters. The highest BCUT2D eigenvalue weighted by Gasteiger charge is 2.36. The predicted octanol–water partition coefficient (Wildman–Crippen LogP) is 4.53. The molecule has 0 saturated carbocycles. The Morgan fingerprint density at radius 2 is 2.00 bits per heavy atom. The first-order valence-electron chi connectivity index (χ1n) is 9.02. The third kappa shape index (κ3) is 3.35. The van der Waals surface area contributed by atoms with Gasteiger partial charge in [0.15, 0.2) is 0 Å². The summed E-state index contributed by atoms with van der Waals surface area (Å²) < 4.78 is 34.8. The molecule has 0 amide bonds. The molecule has 1 aliphatic rings. The number of methoxy groups -OCH3 is 1. The summed E-state index contributed by atoms with van der Waals surface area (Å²) in [6.07, 6.45) is 2.68. The minimum absolute atomic E-state index is 0.205. The lowest BCUT2D eigenvalue weighted by Crippen LogP contribution is -2.38. The highest BCUT2D eigenvalue weighted by Crippen LogP contribution is 2.39. The van der Waals surface area contributed by atoms with Gasteiger partial charge in [-0.15, -0.1) is 11.3 Å². The maximum atomic E-state index is 13.4. The molecule has 0 N–H and O–H groups in total. The van der Waals surface area contributed by atoms with Crippen molar-refractivity contribution in [1.29, 1.82) is 0 Å². The Balaban J connectivity index is 1.74. The smallest absolute Gasteiger partial charge is 0.243 e. The van der Waals surface area contributed by atoms with Gasteiger partial charge in [0.1, 0.15) is 10.8 Å². The maximum Gasteiger partial charge on any atom is 0.243 e. The Morgan fingerprint density at radius 3 is 2.74 bits per heavy atom. The van der Waals surface area contributed by atoms with Crippen LogP contribution in [0.4, 0.5) is 0 Å². The minimum atomic E-state index is -3.60. The van der Waals surface area contributed by atoms with Crippen molar-refractivity contribution in [1.82, 2.24) is 9.29 Å². The van der Waals surface area contributed by atoms with E-state index in [2.05, 4.69) is 0 Å². The van der Waals surface area contributed by atoms with Crippen LogP contribution in [0.2, 0.25) is 0 Å². The molecule has 1 aromatic heterocycles. The zero-order valence-electron chi connectivity index (χ0n) is 15.4. The molecule has 0 bridgehead atoms. The number of piperidine rings is 1. The number of ether oxygens (including phenoxy) is 1. The molecule has 27 heavy (non-hydrogen) atoms. The van der Waals surface area contributed by atoms with E-state index < -0.39 is 10.0 Å². The van der Waals surface area contributed by atoms with Gasteiger partial charge in [0.2, 0.25) is 10.0 Å². The van der Waals surface area contributed by atoms with Gasteiger partial charge >= 0.3 is 0 Å². The van der Waals surface area contributed by atoms with Crippen molar-refractivity contribution in [3.05, 3.63) is 53.0 Å². The van der Waals surface area contributed by atoms with Gasteiger partial charge < -0.3 is 4.74 Å². The fraction of sp³-hybridized carbons (Fsp3) is 0.350. The highest BCUT2D eigenvalue weighted by molar-refractivity contribution is 7.89. The molecule has 1 aliphatic heterocycles. The van der Waals surface area contributed by atoms with E-state index in [1.54, 1.807) is 41.0 Å². The molecular weight excluding hydrogens is 380 g/mol. The van der Waals surface area contributed by atoms with Gasteiger partial charge in [-0.1, -0.05) is 18.6 Å². The molecule has 2 aromatic carbocycles. The fourth-order valence-electron chi connectivity index (χ4n) is 3.62. The van der Waals surface area contributed by atoms with Crippen LogP contribution in [0.25, 0.3) is 10.2 Å². The second-order valence-electron chi connectivity index (χ2n) is 6.78. The SMILES string of the molecule is COc1ccc(S(=O)(=O)N2CCCCC2c2nc3ccccc3s2)cc1C. The lowest BCUT2D eigenvalue weighted by atomic mass is 10.1. The van der Waals surface area contributed by atoms with Crippen molar-refractivity contribution < 1.29 is 13.2 Å². The Morgan fingerprint density at radius 1 is 1.19 bits per heavy atom. The summed E-state index contributed by atoms with van der Waals surface area (Å²) in [4.78, 5) is 5.04. The first-order valence-corrected chi connectivity index (χ1v) is 11.3. The molecule has 1 fully saturated rings. The number of hydrogen-bond acceptors (Lipinski definition) is 5. The number of aryl methyl sites for hydroxylation is 1. The summed E-state index contributed by atoms with van der Waals surface area (Å²) in [5.41, 5.74) is 1.74. The Labute approximate surface area is 163 Å². The molecule has 0 spiro atoms. The maximum absolute atomic E-state index is 13.4. The van der Waals surface area contributed by atoms with Crippen LogP contribution >= 0.6 is 11.3 Å². The van der Waals surface area contributed by atoms with Crippen LogP contribution in [0, 0.1) is 6.92 Å². The number of aromatic nitrogens is 1. The van der Waals surface area contributed by atoms with Gasteiger partial charge in [0.05, 0.1) is 28.3 Å². The topological polar surface area (TPSA) is 59.5 Å². The number of thiazole rings is 1. The molecule has 5 nitrogen and oxygen atoms in total. The predicted molar refractivity (Wildman–Crippen MR) is 108 cm³/mol. The zero-order valence-corrected chi connectivity index (χ0v) is 17.0. The second-order valence-corrected chi connectivity index (χ2v) is 9.73. The lowest BCUT2D eigenvalue weighted by Gasteiger charge is -2.33. The van der Waals surface area contributed by atoms with E-state index in [-0.39, 0.29) is 6.04 Å². The number of benzene rings is 2. The molecule has 7 heteroatoms. The van der Waals surface area contributed by atoms with Gasteiger partial charge in [0, 0.05) is 6.54 Å². The molecule has 1 saturated heterocycles. The summed E-state index contributed by atoms with van der Waals surface area (Å²) >= 11 is 1.59. The van der Waals surface area contributed by atoms with Gasteiger partial charge in [-0.3, -0.25) is 0 Å². The quantitative estimate of drug-likeness (QED) is 0.643. The number of fused-ring (bicyclic) bond motifs is 1. The van der Waals surface area contributed by atoms with Crippen molar-refractivity contribution in [2.45, 2.75) is 37.1 Å². The molecule has 0 aliphatic carbocycles. The average Bonchev–Trinajstić information content (AvgIpc) is 3.12. The van der Waals surface area contributed by atoms with Crippen LogP contribution in [0.3, 0.4) is 0 Å². The van der Waals surface area contributed by atoms with Gasteiger partial charge in [-0.2, -0.15) is 4.31 Å². The van der Waals surface area contributed by atoms with E-state index in [1.807, 2.05) is 31.2 Å².